The number of halogens is 3. The summed E-state index contributed by atoms with van der Waals surface area (Å²) in [5.41, 5.74) is 6.12. The lowest BCUT2D eigenvalue weighted by atomic mass is 10.0. The fourth-order valence-corrected chi connectivity index (χ4v) is 2.63. The molecule has 30 heavy (non-hydrogen) atoms. The molecule has 5 nitrogen and oxygen atoms in total. The molecule has 0 saturated heterocycles. The van der Waals surface area contributed by atoms with Gasteiger partial charge in [0.1, 0.15) is 0 Å². The van der Waals surface area contributed by atoms with Crippen LogP contribution < -0.4 is 16.4 Å². The fraction of sp³-hybridized carbons (Fsp3) is 0.273. The zero-order valence-corrected chi connectivity index (χ0v) is 16.4. The van der Waals surface area contributed by atoms with Crippen molar-refractivity contribution in [3.8, 4) is 0 Å². The van der Waals surface area contributed by atoms with Crippen molar-refractivity contribution in [1.29, 1.82) is 0 Å². The van der Waals surface area contributed by atoms with E-state index in [0.29, 0.717) is 12.8 Å². The first-order chi connectivity index (χ1) is 14.1. The monoisotopic (exact) mass is 419 g/mol. The third kappa shape index (κ3) is 7.71. The first kappa shape index (κ1) is 23.2. The summed E-state index contributed by atoms with van der Waals surface area (Å²) in [7, 11) is 0. The maximum absolute atomic E-state index is 12.6. The molecule has 160 valence electrons. The van der Waals surface area contributed by atoms with Gasteiger partial charge in [0.05, 0.1) is 11.6 Å². The molecule has 0 radical (unpaired) electrons. The third-order valence-electron chi connectivity index (χ3n) is 4.29. The Kier molecular flexibility index (Phi) is 8.17. The number of carbonyl (C=O) groups is 2. The Morgan fingerprint density at radius 1 is 1.07 bits per heavy atom. The third-order valence-corrected chi connectivity index (χ3v) is 4.29. The zero-order valence-electron chi connectivity index (χ0n) is 16.4. The molecule has 0 fully saturated rings. The van der Waals surface area contributed by atoms with Crippen molar-refractivity contribution in [2.24, 2.45) is 5.73 Å². The normalized spacial score (nSPS) is 13.6. The van der Waals surface area contributed by atoms with E-state index >= 15 is 0 Å². The molecule has 8 heteroatoms. The minimum absolute atomic E-state index is 0.234. The summed E-state index contributed by atoms with van der Waals surface area (Å²) in [6.45, 7) is 1.56. The summed E-state index contributed by atoms with van der Waals surface area (Å²) in [5.74, 6) is -0.865. The molecule has 0 spiro atoms. The quantitative estimate of drug-likeness (QED) is 0.571. The van der Waals surface area contributed by atoms with Crippen LogP contribution in [0.1, 0.15) is 24.5 Å². The first-order valence-electron chi connectivity index (χ1n) is 9.41. The lowest BCUT2D eigenvalue weighted by Crippen LogP contribution is -2.43. The number of alkyl halides is 3. The van der Waals surface area contributed by atoms with Crippen LogP contribution in [0.25, 0.3) is 0 Å². The summed E-state index contributed by atoms with van der Waals surface area (Å²) in [6, 6.07) is 12.7. The molecule has 2 unspecified atom stereocenters. The van der Waals surface area contributed by atoms with Crippen LogP contribution in [0.15, 0.2) is 66.7 Å². The minimum atomic E-state index is -4.44. The Balaban J connectivity index is 1.99. The Morgan fingerprint density at radius 2 is 1.70 bits per heavy atom. The van der Waals surface area contributed by atoms with Crippen LogP contribution in [-0.4, -0.2) is 23.9 Å². The lowest BCUT2D eigenvalue weighted by Gasteiger charge is -2.17. The Bertz CT molecular complexity index is 863. The van der Waals surface area contributed by atoms with Crippen LogP contribution in [0, 0.1) is 0 Å². The summed E-state index contributed by atoms with van der Waals surface area (Å²) < 4.78 is 37.8. The number of nitrogens with two attached hydrogens (primary N) is 1. The minimum Gasteiger partial charge on any atom is -0.349 e. The van der Waals surface area contributed by atoms with Crippen LogP contribution >= 0.6 is 0 Å². The van der Waals surface area contributed by atoms with Crippen molar-refractivity contribution >= 4 is 17.5 Å². The van der Waals surface area contributed by atoms with E-state index in [4.69, 9.17) is 5.73 Å². The van der Waals surface area contributed by atoms with Gasteiger partial charge in [-0.2, -0.15) is 13.2 Å². The molecule has 2 rings (SSSR count). The van der Waals surface area contributed by atoms with Crippen molar-refractivity contribution in [3.63, 3.8) is 0 Å². The van der Waals surface area contributed by atoms with Gasteiger partial charge in [0.25, 0.3) is 0 Å². The highest BCUT2D eigenvalue weighted by molar-refractivity contribution is 5.99. The Hall–Kier alpha value is -3.13. The molecule has 0 aliphatic carbocycles. The van der Waals surface area contributed by atoms with Crippen LogP contribution in [0.2, 0.25) is 0 Å². The number of aryl methyl sites for hydroxylation is 1. The topological polar surface area (TPSA) is 84.2 Å². The summed E-state index contributed by atoms with van der Waals surface area (Å²) >= 11 is 0. The molecular formula is C22H24F3N3O2. The molecule has 2 amide bonds. The molecule has 0 heterocycles. The number of anilines is 1. The van der Waals surface area contributed by atoms with E-state index < -0.39 is 29.7 Å². The first-order valence-corrected chi connectivity index (χ1v) is 9.41. The average Bonchev–Trinajstić information content (AvgIpc) is 2.70. The molecule has 4 N–H and O–H groups in total. The number of rotatable bonds is 8. The second-order valence-electron chi connectivity index (χ2n) is 6.85. The van der Waals surface area contributed by atoms with Gasteiger partial charge in [0, 0.05) is 17.8 Å². The molecule has 2 aromatic rings. The number of benzene rings is 2. The van der Waals surface area contributed by atoms with E-state index in [0.717, 1.165) is 17.7 Å². The highest BCUT2D eigenvalue weighted by Crippen LogP contribution is 2.29. The number of nitrogens with one attached hydrogen (secondary N) is 2. The number of hydrogen-bond donors (Lipinski definition) is 3. The van der Waals surface area contributed by atoms with E-state index in [-0.39, 0.29) is 11.6 Å². The van der Waals surface area contributed by atoms with Crippen molar-refractivity contribution in [3.05, 3.63) is 77.9 Å². The Morgan fingerprint density at radius 3 is 2.27 bits per heavy atom. The maximum Gasteiger partial charge on any atom is 0.416 e. The predicted octanol–water partition coefficient (Wildman–Crippen LogP) is 3.66. The van der Waals surface area contributed by atoms with Gasteiger partial charge in [-0.25, -0.2) is 0 Å². The van der Waals surface area contributed by atoms with Gasteiger partial charge in [-0.1, -0.05) is 36.4 Å². The maximum atomic E-state index is 12.6. The van der Waals surface area contributed by atoms with Gasteiger partial charge < -0.3 is 16.4 Å². The van der Waals surface area contributed by atoms with Gasteiger partial charge in [-0.05, 0) is 49.6 Å². The highest BCUT2D eigenvalue weighted by atomic mass is 19.4. The van der Waals surface area contributed by atoms with E-state index in [2.05, 4.69) is 10.6 Å². The molecular weight excluding hydrogens is 395 g/mol. The van der Waals surface area contributed by atoms with Gasteiger partial charge in [0.15, 0.2) is 0 Å². The van der Waals surface area contributed by atoms with E-state index in [9.17, 15) is 22.8 Å². The molecule has 2 aromatic carbocycles. The number of amides is 2. The average molecular weight is 419 g/mol. The van der Waals surface area contributed by atoms with E-state index in [1.54, 1.807) is 13.0 Å². The molecule has 2 atom stereocenters. The largest absolute Gasteiger partial charge is 0.416 e. The predicted molar refractivity (Wildman–Crippen MR) is 110 cm³/mol. The molecule has 0 bridgehead atoms. The molecule has 0 aliphatic heterocycles. The van der Waals surface area contributed by atoms with Crippen molar-refractivity contribution < 1.29 is 22.8 Å². The molecule has 0 aromatic heterocycles. The smallest absolute Gasteiger partial charge is 0.349 e. The highest BCUT2D eigenvalue weighted by Gasteiger charge is 2.29. The van der Waals surface area contributed by atoms with Gasteiger partial charge in [-0.3, -0.25) is 9.59 Å². The lowest BCUT2D eigenvalue weighted by molar-refractivity contribution is -0.137. The van der Waals surface area contributed by atoms with Crippen molar-refractivity contribution in [1.82, 2.24) is 5.32 Å². The van der Waals surface area contributed by atoms with E-state index in [1.807, 2.05) is 30.3 Å². The van der Waals surface area contributed by atoms with E-state index in [1.165, 1.54) is 18.2 Å². The SMILES string of the molecule is CC(N)C(=O)NC(C=CC(=O)Nc1ccc(C(F)(F)F)cc1)CCc1ccccc1. The fourth-order valence-electron chi connectivity index (χ4n) is 2.63. The molecule has 0 aliphatic rings. The van der Waals surface area contributed by atoms with Gasteiger partial charge in [0.2, 0.25) is 11.8 Å². The second-order valence-corrected chi connectivity index (χ2v) is 6.85. The zero-order chi connectivity index (χ0) is 22.1. The van der Waals surface area contributed by atoms with Crippen LogP contribution in [0.4, 0.5) is 18.9 Å². The van der Waals surface area contributed by atoms with Crippen LogP contribution in [0.5, 0.6) is 0 Å². The van der Waals surface area contributed by atoms with Crippen molar-refractivity contribution in [2.45, 2.75) is 38.0 Å². The van der Waals surface area contributed by atoms with Crippen molar-refractivity contribution in [2.75, 3.05) is 5.32 Å². The van der Waals surface area contributed by atoms with Crippen LogP contribution in [-0.2, 0) is 22.2 Å². The summed E-state index contributed by atoms with van der Waals surface area (Å²) in [5, 5.41) is 5.27. The van der Waals surface area contributed by atoms with Crippen LogP contribution in [0.3, 0.4) is 0 Å². The second kappa shape index (κ2) is 10.6. The Labute approximate surface area is 173 Å². The standard InChI is InChI=1S/C22H24F3N3O2/c1-15(26)21(30)28-19(10-7-16-5-3-2-4-6-16)13-14-20(29)27-18-11-8-17(9-12-18)22(23,24)25/h2-6,8-9,11-15,19H,7,10,26H2,1H3,(H,27,29)(H,28,30). The number of carbonyl (C=O) groups excluding carboxylic acids is 2. The van der Waals surface area contributed by atoms with Gasteiger partial charge >= 0.3 is 6.18 Å². The molecule has 0 saturated carbocycles. The summed E-state index contributed by atoms with van der Waals surface area (Å²) in [4.78, 5) is 24.1. The summed E-state index contributed by atoms with van der Waals surface area (Å²) in [6.07, 6.45) is -0.424. The number of hydrogen-bond acceptors (Lipinski definition) is 3. The van der Waals surface area contributed by atoms with Gasteiger partial charge in [-0.15, -0.1) is 0 Å².